The third-order valence-corrected chi connectivity index (χ3v) is 13.2. The Morgan fingerprint density at radius 3 is 1.40 bits per heavy atom. The predicted octanol–water partition coefficient (Wildman–Crippen LogP) is 16.1. The van der Waals surface area contributed by atoms with Gasteiger partial charge in [-0.1, -0.05) is 200 Å². The van der Waals surface area contributed by atoms with Gasteiger partial charge >= 0.3 is 0 Å². The van der Waals surface area contributed by atoms with E-state index in [0.717, 1.165) is 71.9 Å². The van der Waals surface area contributed by atoms with Gasteiger partial charge in [-0.2, -0.15) is 9.97 Å². The van der Waals surface area contributed by atoms with Crippen LogP contribution in [0.5, 0.6) is 0 Å². The monoisotopic (exact) mass is 867 g/mol. The number of fused-ring (bicyclic) bond motifs is 7. The Bertz CT molecular complexity index is 3950. The molecule has 0 N–H and O–H groups in total. The Labute approximate surface area is 393 Å². The molecule has 10 aromatic carbocycles. The first-order chi connectivity index (χ1) is 33.7. The first-order valence-electron chi connectivity index (χ1n) is 23.0. The third kappa shape index (κ3) is 6.68. The summed E-state index contributed by atoms with van der Waals surface area (Å²) < 4.78 is 4.71. The molecular formula is C63H41N5. The minimum Gasteiger partial charge on any atom is -0.308 e. The quantitative estimate of drug-likeness (QED) is 0.153. The van der Waals surface area contributed by atoms with Crippen molar-refractivity contribution in [3.8, 4) is 78.9 Å². The van der Waals surface area contributed by atoms with Crippen molar-refractivity contribution in [2.75, 3.05) is 0 Å². The zero-order valence-corrected chi connectivity index (χ0v) is 36.9. The highest BCUT2D eigenvalue weighted by Crippen LogP contribution is 2.44. The Morgan fingerprint density at radius 1 is 0.265 bits per heavy atom. The maximum Gasteiger partial charge on any atom is 0.238 e. The van der Waals surface area contributed by atoms with E-state index in [9.17, 15) is 0 Å². The van der Waals surface area contributed by atoms with Gasteiger partial charge in [0.1, 0.15) is 0 Å². The number of rotatable bonds is 8. The molecule has 0 amide bonds. The molecule has 0 unspecified atom stereocenters. The highest BCUT2D eigenvalue weighted by atomic mass is 15.2. The Hall–Kier alpha value is -9.19. The summed E-state index contributed by atoms with van der Waals surface area (Å²) in [6.45, 7) is 0. The molecule has 5 heteroatoms. The van der Waals surface area contributed by atoms with Crippen LogP contribution >= 0.6 is 0 Å². The van der Waals surface area contributed by atoms with Gasteiger partial charge in [0.25, 0.3) is 0 Å². The molecule has 0 aliphatic carbocycles. The first kappa shape index (κ1) is 39.2. The average Bonchev–Trinajstić information content (AvgIpc) is 3.95. The zero-order chi connectivity index (χ0) is 45.0. The summed E-state index contributed by atoms with van der Waals surface area (Å²) in [6.07, 6.45) is 0. The maximum absolute atomic E-state index is 5.36. The highest BCUT2D eigenvalue weighted by Gasteiger charge is 2.24. The fourth-order valence-corrected chi connectivity index (χ4v) is 10.0. The SMILES string of the molecule is c1ccc(-c2cccc(-c3nc(-c4ccccc4)nc(-n4c5ccccc5c5c4ccc4c6ccccc6n(-c6ccccc6-c6cc(-c7ccccc7)cc(-c7ccccc7)c6)c45)n3)c2)cc1. The smallest absolute Gasteiger partial charge is 0.238 e. The molecule has 3 aromatic heterocycles. The number of benzene rings is 10. The van der Waals surface area contributed by atoms with E-state index in [2.05, 4.69) is 234 Å². The number of aromatic nitrogens is 5. The van der Waals surface area contributed by atoms with Crippen molar-refractivity contribution in [1.29, 1.82) is 0 Å². The van der Waals surface area contributed by atoms with Crippen LogP contribution < -0.4 is 0 Å². The Balaban J connectivity index is 1.08. The second kappa shape index (κ2) is 16.4. The van der Waals surface area contributed by atoms with E-state index >= 15 is 0 Å². The number of nitrogens with zero attached hydrogens (tertiary/aromatic N) is 5. The molecule has 13 aromatic rings. The summed E-state index contributed by atoms with van der Waals surface area (Å²) in [5.74, 6) is 1.77. The summed E-state index contributed by atoms with van der Waals surface area (Å²) in [5.41, 5.74) is 16.4. The predicted molar refractivity (Wildman–Crippen MR) is 281 cm³/mol. The van der Waals surface area contributed by atoms with Crippen LogP contribution in [0.25, 0.3) is 123 Å². The van der Waals surface area contributed by atoms with E-state index in [4.69, 9.17) is 15.0 Å². The molecule has 0 spiro atoms. The lowest BCUT2D eigenvalue weighted by Gasteiger charge is -2.17. The van der Waals surface area contributed by atoms with Crippen LogP contribution in [0.2, 0.25) is 0 Å². The summed E-state index contributed by atoms with van der Waals surface area (Å²) >= 11 is 0. The van der Waals surface area contributed by atoms with Crippen molar-refractivity contribution >= 4 is 43.6 Å². The maximum atomic E-state index is 5.36. The Kier molecular flexibility index (Phi) is 9.43. The topological polar surface area (TPSA) is 48.5 Å². The molecule has 13 rings (SSSR count). The average molecular weight is 868 g/mol. The lowest BCUT2D eigenvalue weighted by atomic mass is 9.92. The van der Waals surface area contributed by atoms with E-state index in [-0.39, 0.29) is 0 Å². The summed E-state index contributed by atoms with van der Waals surface area (Å²) in [4.78, 5) is 15.8. The van der Waals surface area contributed by atoms with Crippen LogP contribution in [0.3, 0.4) is 0 Å². The van der Waals surface area contributed by atoms with E-state index < -0.39 is 0 Å². The molecule has 0 fully saturated rings. The summed E-state index contributed by atoms with van der Waals surface area (Å²) in [6, 6.07) is 88.3. The molecule has 3 heterocycles. The van der Waals surface area contributed by atoms with Crippen molar-refractivity contribution < 1.29 is 0 Å². The van der Waals surface area contributed by atoms with Gasteiger partial charge in [0.2, 0.25) is 5.95 Å². The van der Waals surface area contributed by atoms with E-state index in [1.54, 1.807) is 0 Å². The van der Waals surface area contributed by atoms with Crippen molar-refractivity contribution in [3.63, 3.8) is 0 Å². The molecule has 68 heavy (non-hydrogen) atoms. The minimum atomic E-state index is 0.554. The molecular weight excluding hydrogens is 827 g/mol. The van der Waals surface area contributed by atoms with Crippen molar-refractivity contribution in [3.05, 3.63) is 249 Å². The molecule has 0 atom stereocenters. The molecule has 0 aliphatic rings. The van der Waals surface area contributed by atoms with Gasteiger partial charge in [-0.05, 0) is 87.5 Å². The van der Waals surface area contributed by atoms with Crippen LogP contribution in [0.15, 0.2) is 249 Å². The van der Waals surface area contributed by atoms with E-state index in [0.29, 0.717) is 17.6 Å². The van der Waals surface area contributed by atoms with Crippen LogP contribution in [-0.2, 0) is 0 Å². The molecule has 0 saturated heterocycles. The number of hydrogen-bond acceptors (Lipinski definition) is 3. The fraction of sp³-hybridized carbons (Fsp3) is 0. The minimum absolute atomic E-state index is 0.554. The van der Waals surface area contributed by atoms with Crippen molar-refractivity contribution in [2.24, 2.45) is 0 Å². The van der Waals surface area contributed by atoms with Crippen LogP contribution in [-0.4, -0.2) is 24.1 Å². The van der Waals surface area contributed by atoms with Gasteiger partial charge in [-0.3, -0.25) is 4.57 Å². The second-order valence-electron chi connectivity index (χ2n) is 17.2. The summed E-state index contributed by atoms with van der Waals surface area (Å²) in [5, 5.41) is 4.60. The van der Waals surface area contributed by atoms with Crippen LogP contribution in [0, 0.1) is 0 Å². The van der Waals surface area contributed by atoms with Gasteiger partial charge in [-0.15, -0.1) is 0 Å². The van der Waals surface area contributed by atoms with Gasteiger partial charge < -0.3 is 4.57 Å². The molecule has 5 nitrogen and oxygen atoms in total. The molecule has 318 valence electrons. The van der Waals surface area contributed by atoms with Crippen LogP contribution in [0.1, 0.15) is 0 Å². The lowest BCUT2D eigenvalue weighted by molar-refractivity contribution is 0.953. The van der Waals surface area contributed by atoms with Crippen molar-refractivity contribution in [1.82, 2.24) is 24.1 Å². The van der Waals surface area contributed by atoms with Gasteiger partial charge in [0.15, 0.2) is 11.6 Å². The normalized spacial score (nSPS) is 11.5. The first-order valence-corrected chi connectivity index (χ1v) is 23.0. The van der Waals surface area contributed by atoms with E-state index in [1.807, 2.05) is 24.3 Å². The molecule has 0 bridgehead atoms. The highest BCUT2D eigenvalue weighted by molar-refractivity contribution is 6.26. The van der Waals surface area contributed by atoms with E-state index in [1.165, 1.54) is 33.0 Å². The molecule has 0 aliphatic heterocycles. The van der Waals surface area contributed by atoms with Crippen LogP contribution in [0.4, 0.5) is 0 Å². The molecule has 0 radical (unpaired) electrons. The van der Waals surface area contributed by atoms with Crippen molar-refractivity contribution in [2.45, 2.75) is 0 Å². The van der Waals surface area contributed by atoms with Gasteiger partial charge in [0, 0.05) is 38.2 Å². The zero-order valence-electron chi connectivity index (χ0n) is 36.9. The number of para-hydroxylation sites is 3. The Morgan fingerprint density at radius 2 is 0.735 bits per heavy atom. The number of hydrogen-bond donors (Lipinski definition) is 0. The lowest BCUT2D eigenvalue weighted by Crippen LogP contribution is -2.06. The van der Waals surface area contributed by atoms with Gasteiger partial charge in [-0.25, -0.2) is 4.98 Å². The molecule has 0 saturated carbocycles. The standard InChI is InChI=1S/C63H41N5/c1-5-20-42(21-6-1)46-28-19-29-47(38-46)62-64-61(45-26-11-4-12-27-45)65-63(66-62)68-57-35-18-15-32-54(57)59-58(68)37-36-53-52-31-14-17-34-56(52)67(60(53)59)55-33-16-13-30-51(55)50-40-48(43-22-7-2-8-23-43)39-49(41-50)44-24-9-3-10-25-44/h1-41H. The fourth-order valence-electron chi connectivity index (χ4n) is 10.0. The summed E-state index contributed by atoms with van der Waals surface area (Å²) in [7, 11) is 0. The second-order valence-corrected chi connectivity index (χ2v) is 17.2. The largest absolute Gasteiger partial charge is 0.308 e. The third-order valence-electron chi connectivity index (χ3n) is 13.2. The van der Waals surface area contributed by atoms with Gasteiger partial charge in [0.05, 0.1) is 27.8 Å².